The summed E-state index contributed by atoms with van der Waals surface area (Å²) in [6.07, 6.45) is 1.85. The summed E-state index contributed by atoms with van der Waals surface area (Å²) in [6.45, 7) is 0. The third-order valence-electron chi connectivity index (χ3n) is 4.25. The van der Waals surface area contributed by atoms with Gasteiger partial charge in [0.25, 0.3) is 5.56 Å². The first kappa shape index (κ1) is 15.3. The van der Waals surface area contributed by atoms with Crippen LogP contribution >= 0.6 is 0 Å². The van der Waals surface area contributed by atoms with Gasteiger partial charge in [-0.25, -0.2) is 18.7 Å². The average molecular weight is 343 g/mol. The number of para-hydroxylation sites is 1. The Hall–Kier alpha value is -3.23. The van der Waals surface area contributed by atoms with Crippen LogP contribution in [0.15, 0.2) is 35.3 Å². The minimum Gasteiger partial charge on any atom is -0.465 e. The number of hydrogen-bond donors (Lipinski definition) is 3. The first-order valence-corrected chi connectivity index (χ1v) is 7.76. The molecule has 2 aromatic heterocycles. The van der Waals surface area contributed by atoms with Crippen LogP contribution in [0, 0.1) is 11.7 Å². The summed E-state index contributed by atoms with van der Waals surface area (Å²) in [7, 11) is 0. The first-order chi connectivity index (χ1) is 12.1. The number of nitrogens with one attached hydrogen (secondary N) is 2. The van der Waals surface area contributed by atoms with Crippen molar-refractivity contribution in [1.82, 2.24) is 25.1 Å². The van der Waals surface area contributed by atoms with Gasteiger partial charge in [0.1, 0.15) is 23.0 Å². The van der Waals surface area contributed by atoms with Crippen LogP contribution in [-0.4, -0.2) is 30.9 Å². The van der Waals surface area contributed by atoms with Crippen molar-refractivity contribution in [2.45, 2.75) is 18.9 Å². The number of aromatic nitrogens is 4. The molecule has 0 radical (unpaired) electrons. The van der Waals surface area contributed by atoms with Crippen LogP contribution in [0.2, 0.25) is 0 Å². The van der Waals surface area contributed by atoms with Crippen molar-refractivity contribution in [2.75, 3.05) is 0 Å². The SMILES string of the molecule is O=C(O)NC(c1nc2c(F)cccc2c(=O)n1-c1ccn[nH]1)C1CC1. The van der Waals surface area contributed by atoms with Gasteiger partial charge in [-0.15, -0.1) is 0 Å². The van der Waals surface area contributed by atoms with Crippen molar-refractivity contribution >= 4 is 17.0 Å². The molecule has 128 valence electrons. The third-order valence-corrected chi connectivity index (χ3v) is 4.25. The maximum absolute atomic E-state index is 14.2. The Labute approximate surface area is 140 Å². The molecule has 1 aliphatic carbocycles. The summed E-state index contributed by atoms with van der Waals surface area (Å²) >= 11 is 0. The van der Waals surface area contributed by atoms with Gasteiger partial charge >= 0.3 is 6.09 Å². The maximum Gasteiger partial charge on any atom is 0.405 e. The van der Waals surface area contributed by atoms with E-state index in [0.29, 0.717) is 5.82 Å². The number of aromatic amines is 1. The van der Waals surface area contributed by atoms with Crippen molar-refractivity contribution in [3.8, 4) is 5.82 Å². The molecule has 1 atom stereocenters. The molecule has 3 aromatic rings. The van der Waals surface area contributed by atoms with E-state index in [4.69, 9.17) is 5.11 Å². The standard InChI is InChI=1S/C16H14FN5O3/c17-10-3-1-2-9-13(10)19-14(12(8-4-5-8)20-16(24)25)22(15(9)23)11-6-7-18-21-11/h1-3,6-8,12,20H,4-5H2,(H,18,21)(H,24,25). The lowest BCUT2D eigenvalue weighted by Crippen LogP contribution is -2.35. The predicted octanol–water partition coefficient (Wildman–Crippen LogP) is 1.97. The zero-order valence-corrected chi connectivity index (χ0v) is 12.9. The van der Waals surface area contributed by atoms with E-state index in [1.807, 2.05) is 0 Å². The number of benzene rings is 1. The van der Waals surface area contributed by atoms with Crippen LogP contribution in [0.4, 0.5) is 9.18 Å². The molecule has 1 aliphatic rings. The largest absolute Gasteiger partial charge is 0.465 e. The molecule has 1 aromatic carbocycles. The molecule has 1 saturated carbocycles. The van der Waals surface area contributed by atoms with Crippen LogP contribution in [0.3, 0.4) is 0 Å². The lowest BCUT2D eigenvalue weighted by atomic mass is 10.1. The molecule has 25 heavy (non-hydrogen) atoms. The van der Waals surface area contributed by atoms with Gasteiger partial charge in [-0.3, -0.25) is 9.89 Å². The van der Waals surface area contributed by atoms with Gasteiger partial charge in [0.05, 0.1) is 17.6 Å². The number of amides is 1. The highest BCUT2D eigenvalue weighted by Gasteiger charge is 2.37. The Morgan fingerprint density at radius 1 is 1.40 bits per heavy atom. The van der Waals surface area contributed by atoms with Crippen molar-refractivity contribution in [2.24, 2.45) is 5.92 Å². The summed E-state index contributed by atoms with van der Waals surface area (Å²) in [6, 6.07) is 5.00. The van der Waals surface area contributed by atoms with Crippen LogP contribution in [0.5, 0.6) is 0 Å². The number of rotatable bonds is 4. The molecule has 0 saturated heterocycles. The number of halogens is 1. The molecule has 9 heteroatoms. The minimum atomic E-state index is -1.23. The fraction of sp³-hybridized carbons (Fsp3) is 0.250. The zero-order valence-electron chi connectivity index (χ0n) is 12.9. The molecule has 8 nitrogen and oxygen atoms in total. The monoisotopic (exact) mass is 343 g/mol. The van der Waals surface area contributed by atoms with Gasteiger partial charge in [0, 0.05) is 6.07 Å². The lowest BCUT2D eigenvalue weighted by Gasteiger charge is -2.20. The Bertz CT molecular complexity index is 1010. The van der Waals surface area contributed by atoms with Crippen molar-refractivity contribution in [3.63, 3.8) is 0 Å². The van der Waals surface area contributed by atoms with Crippen LogP contribution in [0.1, 0.15) is 24.7 Å². The van der Waals surface area contributed by atoms with E-state index in [1.54, 1.807) is 6.07 Å². The van der Waals surface area contributed by atoms with Crippen molar-refractivity contribution in [3.05, 3.63) is 52.5 Å². The average Bonchev–Trinajstić information content (AvgIpc) is 3.28. The molecule has 1 fully saturated rings. The van der Waals surface area contributed by atoms with E-state index in [9.17, 15) is 14.0 Å². The van der Waals surface area contributed by atoms with E-state index in [2.05, 4.69) is 20.5 Å². The van der Waals surface area contributed by atoms with Crippen molar-refractivity contribution < 1.29 is 14.3 Å². The molecule has 0 aliphatic heterocycles. The second-order valence-corrected chi connectivity index (χ2v) is 5.95. The first-order valence-electron chi connectivity index (χ1n) is 7.76. The fourth-order valence-corrected chi connectivity index (χ4v) is 2.96. The van der Waals surface area contributed by atoms with Crippen LogP contribution < -0.4 is 10.9 Å². The maximum atomic E-state index is 14.2. The Balaban J connectivity index is 2.03. The van der Waals surface area contributed by atoms with E-state index >= 15 is 0 Å². The van der Waals surface area contributed by atoms with Crippen LogP contribution in [-0.2, 0) is 0 Å². The fourth-order valence-electron chi connectivity index (χ4n) is 2.96. The Morgan fingerprint density at radius 2 is 2.20 bits per heavy atom. The number of H-pyrrole nitrogens is 1. The van der Waals surface area contributed by atoms with Gasteiger partial charge in [-0.2, -0.15) is 5.10 Å². The molecule has 1 unspecified atom stereocenters. The zero-order chi connectivity index (χ0) is 17.6. The molecule has 1 amide bonds. The van der Waals surface area contributed by atoms with E-state index in [-0.39, 0.29) is 22.6 Å². The molecule has 3 N–H and O–H groups in total. The van der Waals surface area contributed by atoms with Crippen molar-refractivity contribution in [1.29, 1.82) is 0 Å². The Morgan fingerprint density at radius 3 is 2.84 bits per heavy atom. The van der Waals surface area contributed by atoms with Gasteiger partial charge in [0.15, 0.2) is 0 Å². The summed E-state index contributed by atoms with van der Waals surface area (Å²) in [5.41, 5.74) is -0.558. The summed E-state index contributed by atoms with van der Waals surface area (Å²) in [5, 5.41) is 18.2. The molecule has 0 spiro atoms. The molecular formula is C16H14FN5O3. The number of carboxylic acid groups (broad SMARTS) is 1. The van der Waals surface area contributed by atoms with Gasteiger partial charge in [-0.05, 0) is 30.9 Å². The van der Waals surface area contributed by atoms with E-state index in [1.165, 1.54) is 29.0 Å². The predicted molar refractivity (Wildman–Crippen MR) is 86.1 cm³/mol. The normalized spacial score (nSPS) is 15.2. The second kappa shape index (κ2) is 5.69. The minimum absolute atomic E-state index is 0.0152. The summed E-state index contributed by atoms with van der Waals surface area (Å²) in [4.78, 5) is 28.5. The van der Waals surface area contributed by atoms with Gasteiger partial charge in [0.2, 0.25) is 0 Å². The van der Waals surface area contributed by atoms with Gasteiger partial charge in [-0.1, -0.05) is 6.07 Å². The molecule has 4 rings (SSSR count). The molecule has 2 heterocycles. The number of nitrogens with zero attached hydrogens (tertiary/aromatic N) is 3. The van der Waals surface area contributed by atoms with Crippen LogP contribution in [0.25, 0.3) is 16.7 Å². The highest BCUT2D eigenvalue weighted by molar-refractivity contribution is 5.78. The highest BCUT2D eigenvalue weighted by Crippen LogP contribution is 2.40. The number of hydrogen-bond acceptors (Lipinski definition) is 4. The molecule has 0 bridgehead atoms. The number of fused-ring (bicyclic) bond motifs is 1. The smallest absolute Gasteiger partial charge is 0.405 e. The number of carbonyl (C=O) groups is 1. The topological polar surface area (TPSA) is 113 Å². The quantitative estimate of drug-likeness (QED) is 0.670. The summed E-state index contributed by atoms with van der Waals surface area (Å²) < 4.78 is 15.5. The highest BCUT2D eigenvalue weighted by atomic mass is 19.1. The van der Waals surface area contributed by atoms with E-state index in [0.717, 1.165) is 12.8 Å². The Kier molecular flexibility index (Phi) is 3.48. The summed E-state index contributed by atoms with van der Waals surface area (Å²) in [5.74, 6) is -0.118. The lowest BCUT2D eigenvalue weighted by molar-refractivity contribution is 0.187. The third kappa shape index (κ3) is 2.63. The second-order valence-electron chi connectivity index (χ2n) is 5.95. The molecular weight excluding hydrogens is 329 g/mol. The van der Waals surface area contributed by atoms with Gasteiger partial charge < -0.3 is 10.4 Å². The van der Waals surface area contributed by atoms with E-state index < -0.39 is 23.5 Å².